The molecule has 0 N–H and O–H groups in total. The zero-order valence-electron chi connectivity index (χ0n) is 9.53. The third-order valence-corrected chi connectivity index (χ3v) is 2.40. The van der Waals surface area contributed by atoms with Crippen molar-refractivity contribution in [2.75, 3.05) is 0 Å². The van der Waals surface area contributed by atoms with E-state index >= 15 is 0 Å². The second-order valence-electron chi connectivity index (χ2n) is 3.63. The van der Waals surface area contributed by atoms with E-state index in [0.717, 1.165) is 12.0 Å². The summed E-state index contributed by atoms with van der Waals surface area (Å²) >= 11 is 0. The summed E-state index contributed by atoms with van der Waals surface area (Å²) in [6.45, 7) is 8.24. The molecular formula is C15H18. The van der Waals surface area contributed by atoms with Gasteiger partial charge >= 0.3 is 0 Å². The zero-order valence-corrected chi connectivity index (χ0v) is 9.53. The minimum absolute atomic E-state index is 1.00. The maximum absolute atomic E-state index is 4.04. The Balaban J connectivity index is 2.57. The Kier molecular flexibility index (Phi) is 4.62. The molecule has 1 aromatic carbocycles. The minimum atomic E-state index is 1.00. The van der Waals surface area contributed by atoms with E-state index in [1.54, 1.807) is 0 Å². The van der Waals surface area contributed by atoms with Gasteiger partial charge in [-0.2, -0.15) is 0 Å². The third kappa shape index (κ3) is 3.99. The molecule has 1 rings (SSSR count). The van der Waals surface area contributed by atoms with Crippen molar-refractivity contribution < 1.29 is 0 Å². The van der Waals surface area contributed by atoms with Crippen LogP contribution in [0, 0.1) is 0 Å². The monoisotopic (exact) mass is 198 g/mol. The van der Waals surface area contributed by atoms with Gasteiger partial charge < -0.3 is 0 Å². The van der Waals surface area contributed by atoms with Gasteiger partial charge in [0.1, 0.15) is 0 Å². The van der Waals surface area contributed by atoms with Crippen molar-refractivity contribution in [1.29, 1.82) is 0 Å². The Morgan fingerprint density at radius 3 is 2.53 bits per heavy atom. The highest BCUT2D eigenvalue weighted by Crippen LogP contribution is 2.13. The van der Waals surface area contributed by atoms with Crippen LogP contribution in [0.25, 0.3) is 5.57 Å². The molecule has 0 aliphatic heterocycles. The second-order valence-corrected chi connectivity index (χ2v) is 3.63. The van der Waals surface area contributed by atoms with Crippen molar-refractivity contribution in [2.24, 2.45) is 0 Å². The largest absolute Gasteiger partial charge is 0.0912 e. The summed E-state index contributed by atoms with van der Waals surface area (Å²) in [6, 6.07) is 10.2. The van der Waals surface area contributed by atoms with Crippen LogP contribution >= 0.6 is 0 Å². The molecule has 0 spiro atoms. The molecule has 0 fully saturated rings. The smallest absolute Gasteiger partial charge is 0.0138 e. The average molecular weight is 198 g/mol. The van der Waals surface area contributed by atoms with Crippen LogP contribution in [-0.2, 0) is 0 Å². The first-order valence-corrected chi connectivity index (χ1v) is 5.26. The first-order valence-electron chi connectivity index (χ1n) is 5.26. The van der Waals surface area contributed by atoms with E-state index in [0.29, 0.717) is 0 Å². The SMILES string of the molecule is C=C(/C=C\C/C(C)=C\C)c1ccccc1. The summed E-state index contributed by atoms with van der Waals surface area (Å²) in [5, 5.41) is 0. The van der Waals surface area contributed by atoms with Gasteiger partial charge in [0.05, 0.1) is 0 Å². The second kappa shape index (κ2) is 6.02. The number of allylic oxidation sites excluding steroid dienone is 5. The number of hydrogen-bond acceptors (Lipinski definition) is 0. The summed E-state index contributed by atoms with van der Waals surface area (Å²) in [7, 11) is 0. The predicted octanol–water partition coefficient (Wildman–Crippen LogP) is 4.61. The van der Waals surface area contributed by atoms with Crippen molar-refractivity contribution in [3.8, 4) is 0 Å². The fraction of sp³-hybridized carbons (Fsp3) is 0.200. The van der Waals surface area contributed by atoms with Crippen LogP contribution in [0.2, 0.25) is 0 Å². The Morgan fingerprint density at radius 2 is 1.93 bits per heavy atom. The molecule has 0 aliphatic carbocycles. The van der Waals surface area contributed by atoms with E-state index in [1.165, 1.54) is 11.1 Å². The van der Waals surface area contributed by atoms with Gasteiger partial charge in [0, 0.05) is 0 Å². The summed E-state index contributed by atoms with van der Waals surface area (Å²) < 4.78 is 0. The molecule has 0 bridgehead atoms. The molecule has 0 atom stereocenters. The molecule has 1 aromatic rings. The topological polar surface area (TPSA) is 0 Å². The Morgan fingerprint density at radius 1 is 1.27 bits per heavy atom. The zero-order chi connectivity index (χ0) is 11.1. The Hall–Kier alpha value is -1.56. The molecule has 0 saturated carbocycles. The van der Waals surface area contributed by atoms with Crippen molar-refractivity contribution in [3.05, 3.63) is 66.3 Å². The van der Waals surface area contributed by atoms with Gasteiger partial charge in [0.25, 0.3) is 0 Å². The lowest BCUT2D eigenvalue weighted by molar-refractivity contribution is 1.20. The summed E-state index contributed by atoms with van der Waals surface area (Å²) in [5.41, 5.74) is 3.64. The number of benzene rings is 1. The van der Waals surface area contributed by atoms with Gasteiger partial charge in [0.15, 0.2) is 0 Å². The quantitative estimate of drug-likeness (QED) is 0.489. The molecule has 0 radical (unpaired) electrons. The molecule has 0 aliphatic rings. The molecule has 0 saturated heterocycles. The van der Waals surface area contributed by atoms with Crippen molar-refractivity contribution in [3.63, 3.8) is 0 Å². The Labute approximate surface area is 92.6 Å². The van der Waals surface area contributed by atoms with E-state index in [-0.39, 0.29) is 0 Å². The van der Waals surface area contributed by atoms with Crippen LogP contribution in [0.4, 0.5) is 0 Å². The van der Waals surface area contributed by atoms with Crippen LogP contribution < -0.4 is 0 Å². The van der Waals surface area contributed by atoms with Crippen molar-refractivity contribution in [1.82, 2.24) is 0 Å². The fourth-order valence-electron chi connectivity index (χ4n) is 1.25. The molecule has 0 heteroatoms. The molecule has 0 nitrogen and oxygen atoms in total. The lowest BCUT2D eigenvalue weighted by atomic mass is 10.1. The molecular weight excluding hydrogens is 180 g/mol. The first-order chi connectivity index (χ1) is 7.24. The highest BCUT2D eigenvalue weighted by molar-refractivity contribution is 5.71. The van der Waals surface area contributed by atoms with Gasteiger partial charge in [0.2, 0.25) is 0 Å². The lowest BCUT2D eigenvalue weighted by Gasteiger charge is -1.99. The standard InChI is InChI=1S/C15H18/c1-4-13(2)9-8-10-14(3)15-11-6-5-7-12-15/h4-8,10-12H,3,9H2,1-2H3/b10-8-,13-4-. The number of hydrogen-bond donors (Lipinski definition) is 0. The molecule has 0 heterocycles. The van der Waals surface area contributed by atoms with Gasteiger partial charge in [-0.25, -0.2) is 0 Å². The van der Waals surface area contributed by atoms with E-state index in [9.17, 15) is 0 Å². The van der Waals surface area contributed by atoms with E-state index in [2.05, 4.69) is 50.8 Å². The summed E-state index contributed by atoms with van der Waals surface area (Å²) in [4.78, 5) is 0. The normalized spacial score (nSPS) is 12.0. The summed E-state index contributed by atoms with van der Waals surface area (Å²) in [5.74, 6) is 0. The molecule has 0 amide bonds. The number of rotatable bonds is 4. The highest BCUT2D eigenvalue weighted by atomic mass is 14.0. The predicted molar refractivity (Wildman–Crippen MR) is 68.7 cm³/mol. The first kappa shape index (κ1) is 11.5. The van der Waals surface area contributed by atoms with Crippen LogP contribution in [0.3, 0.4) is 0 Å². The highest BCUT2D eigenvalue weighted by Gasteiger charge is 1.91. The maximum Gasteiger partial charge on any atom is -0.0138 e. The van der Waals surface area contributed by atoms with Crippen LogP contribution in [0.1, 0.15) is 25.8 Å². The average Bonchev–Trinajstić information content (AvgIpc) is 2.29. The fourth-order valence-corrected chi connectivity index (χ4v) is 1.25. The third-order valence-electron chi connectivity index (χ3n) is 2.40. The van der Waals surface area contributed by atoms with Crippen LogP contribution in [-0.4, -0.2) is 0 Å². The molecule has 0 aromatic heterocycles. The molecule has 15 heavy (non-hydrogen) atoms. The van der Waals surface area contributed by atoms with Crippen LogP contribution in [0.5, 0.6) is 0 Å². The van der Waals surface area contributed by atoms with Crippen molar-refractivity contribution >= 4 is 5.57 Å². The van der Waals surface area contributed by atoms with Gasteiger partial charge in [-0.3, -0.25) is 0 Å². The van der Waals surface area contributed by atoms with Gasteiger partial charge in [-0.15, -0.1) is 0 Å². The van der Waals surface area contributed by atoms with Crippen LogP contribution in [0.15, 0.2) is 60.7 Å². The lowest BCUT2D eigenvalue weighted by Crippen LogP contribution is -1.77. The van der Waals surface area contributed by atoms with Gasteiger partial charge in [-0.05, 0) is 31.4 Å². The maximum atomic E-state index is 4.04. The van der Waals surface area contributed by atoms with Crippen molar-refractivity contribution in [2.45, 2.75) is 20.3 Å². The summed E-state index contributed by atoms with van der Waals surface area (Å²) in [6.07, 6.45) is 7.38. The minimum Gasteiger partial charge on any atom is -0.0912 e. The molecule has 0 unspecified atom stereocenters. The molecule has 78 valence electrons. The van der Waals surface area contributed by atoms with E-state index in [4.69, 9.17) is 0 Å². The van der Waals surface area contributed by atoms with E-state index in [1.807, 2.05) is 18.2 Å². The van der Waals surface area contributed by atoms with E-state index < -0.39 is 0 Å². The Bertz CT molecular complexity index is 366. The van der Waals surface area contributed by atoms with Gasteiger partial charge in [-0.1, -0.05) is 60.7 Å².